The molecule has 0 aliphatic carbocycles. The maximum atomic E-state index is 15.5. The summed E-state index contributed by atoms with van der Waals surface area (Å²) in [5, 5.41) is 8.47. The Morgan fingerprint density at radius 2 is 1.69 bits per heavy atom. The van der Waals surface area contributed by atoms with E-state index in [0.717, 1.165) is 61.3 Å². The number of benzene rings is 2. The van der Waals surface area contributed by atoms with E-state index >= 15 is 4.39 Å². The second-order valence-corrected chi connectivity index (χ2v) is 15.1. The molecule has 3 saturated heterocycles. The third-order valence-corrected chi connectivity index (χ3v) is 10.7. The number of ether oxygens (including phenoxy) is 4. The highest BCUT2D eigenvalue weighted by atomic mass is 19.1. The van der Waals surface area contributed by atoms with Crippen LogP contribution in [0.15, 0.2) is 42.6 Å². The van der Waals surface area contributed by atoms with Gasteiger partial charge in [0.05, 0.1) is 49.7 Å². The zero-order valence-electron chi connectivity index (χ0n) is 35.9. The van der Waals surface area contributed by atoms with Gasteiger partial charge in [0.2, 0.25) is 11.8 Å². The van der Waals surface area contributed by atoms with Gasteiger partial charge in [-0.25, -0.2) is 19.2 Å². The molecule has 3 fully saturated rings. The molecule has 17 heteroatoms. The summed E-state index contributed by atoms with van der Waals surface area (Å²) in [6, 6.07) is 9.51. The van der Waals surface area contributed by atoms with Gasteiger partial charge in [-0.1, -0.05) is 11.8 Å². The standard InChI is InChI=1S/C38H45FN8O5.C5H10O.C2H4O2/c1-40-23-34(48)41-16-4-3-7-33-43-29-13-11-25(21-30(29)44-33)9-8-24-10-12-27(28(39)20-24)31-22-42-36(45-31)32-6-5-17-47(32)37(49)35(46-38(50)51-2)26-14-18-52-19-15-26;1-2-4-6-5-3-1;1-4-2-3/h10-13,20-22,26,32,35,40H,3-7,14-19,23H2,1-2H3,(H,41,48)(H,42,45)(H,43,44)(H,46,50);1-5H2;2H,1H3. The molecule has 0 radical (unpaired) electrons. The Hall–Kier alpha value is -5.83. The Balaban J connectivity index is 0.000000644. The molecule has 0 spiro atoms. The fraction of sp³-hybridized carbons (Fsp3) is 0.511. The summed E-state index contributed by atoms with van der Waals surface area (Å²) in [6.07, 6.45) is 10.2. The monoisotopic (exact) mass is 858 g/mol. The number of hydrogen-bond acceptors (Lipinski definition) is 11. The van der Waals surface area contributed by atoms with E-state index in [1.165, 1.54) is 39.5 Å². The molecule has 2 atom stereocenters. The van der Waals surface area contributed by atoms with Crippen molar-refractivity contribution in [1.82, 2.24) is 40.8 Å². The number of H-pyrrole nitrogens is 2. The highest BCUT2D eigenvalue weighted by Crippen LogP contribution is 2.34. The van der Waals surface area contributed by atoms with E-state index in [4.69, 9.17) is 19.0 Å². The average molecular weight is 859 g/mol. The Bertz CT molecular complexity index is 2110. The van der Waals surface area contributed by atoms with E-state index in [-0.39, 0.29) is 23.8 Å². The van der Waals surface area contributed by atoms with Crippen molar-refractivity contribution in [1.29, 1.82) is 0 Å². The number of carbonyl (C=O) groups excluding carboxylic acids is 4. The van der Waals surface area contributed by atoms with Crippen LogP contribution in [0.3, 0.4) is 0 Å². The van der Waals surface area contributed by atoms with E-state index in [9.17, 15) is 14.4 Å². The first kappa shape index (κ1) is 47.2. The van der Waals surface area contributed by atoms with Crippen molar-refractivity contribution < 1.29 is 42.5 Å². The van der Waals surface area contributed by atoms with Gasteiger partial charge in [0, 0.05) is 62.6 Å². The molecule has 0 bridgehead atoms. The SMILES string of the molecule is C1CCOCC1.CNCC(=O)NCCCCc1nc2ccc(C#Cc3ccc(-c4cnc(C5CCCN5C(=O)C(NC(=O)OC)C5CCOCC5)[nH]4)c(F)c3)cc2[nH]1.COC=O. The van der Waals surface area contributed by atoms with Crippen LogP contribution in [-0.4, -0.2) is 123 Å². The van der Waals surface area contributed by atoms with Crippen LogP contribution >= 0.6 is 0 Å². The van der Waals surface area contributed by atoms with Crippen LogP contribution < -0.4 is 16.0 Å². The van der Waals surface area contributed by atoms with E-state index in [0.29, 0.717) is 81.2 Å². The lowest BCUT2D eigenvalue weighted by atomic mass is 9.90. The van der Waals surface area contributed by atoms with Gasteiger partial charge in [-0.3, -0.25) is 14.4 Å². The predicted molar refractivity (Wildman–Crippen MR) is 230 cm³/mol. The summed E-state index contributed by atoms with van der Waals surface area (Å²) >= 11 is 0. The fourth-order valence-corrected chi connectivity index (χ4v) is 7.52. The lowest BCUT2D eigenvalue weighted by Crippen LogP contribution is -2.53. The molecular formula is C45H59FN8O8. The number of hydrogen-bond donors (Lipinski definition) is 5. The van der Waals surface area contributed by atoms with Crippen LogP contribution in [0.1, 0.15) is 86.6 Å². The predicted octanol–water partition coefficient (Wildman–Crippen LogP) is 4.94. The van der Waals surface area contributed by atoms with Gasteiger partial charge in [0.15, 0.2) is 0 Å². The van der Waals surface area contributed by atoms with Crippen molar-refractivity contribution in [3.63, 3.8) is 0 Å². The number of methoxy groups -OCH3 is 2. The Labute approximate surface area is 361 Å². The molecule has 3 aliphatic heterocycles. The number of nitrogens with one attached hydrogen (secondary N) is 5. The molecule has 334 valence electrons. The first-order valence-corrected chi connectivity index (χ1v) is 21.3. The molecular weight excluding hydrogens is 800 g/mol. The summed E-state index contributed by atoms with van der Waals surface area (Å²) in [6.45, 7) is 4.90. The largest absolute Gasteiger partial charge is 0.471 e. The molecule has 3 aliphatic rings. The maximum Gasteiger partial charge on any atom is 0.407 e. The van der Waals surface area contributed by atoms with Gasteiger partial charge in [0.25, 0.3) is 6.47 Å². The fourth-order valence-electron chi connectivity index (χ4n) is 7.52. The zero-order chi connectivity index (χ0) is 44.1. The summed E-state index contributed by atoms with van der Waals surface area (Å²) in [4.78, 5) is 64.1. The van der Waals surface area contributed by atoms with E-state index in [1.54, 1.807) is 30.3 Å². The highest BCUT2D eigenvalue weighted by molar-refractivity contribution is 5.86. The smallest absolute Gasteiger partial charge is 0.407 e. The van der Waals surface area contributed by atoms with E-state index < -0.39 is 18.0 Å². The summed E-state index contributed by atoms with van der Waals surface area (Å²) in [5.41, 5.74) is 3.87. The number of nitrogens with zero attached hydrogens (tertiary/aromatic N) is 3. The number of rotatable bonds is 13. The average Bonchev–Trinajstić information content (AvgIpc) is 4.09. The number of carbonyl (C=O) groups is 4. The van der Waals surface area contributed by atoms with Gasteiger partial charge < -0.3 is 49.8 Å². The number of alkyl carbamates (subject to hydrolysis) is 1. The normalized spacial score (nSPS) is 16.6. The van der Waals surface area contributed by atoms with Crippen molar-refractivity contribution in [3.05, 3.63) is 71.2 Å². The van der Waals surface area contributed by atoms with Crippen LogP contribution in [0.25, 0.3) is 22.3 Å². The van der Waals surface area contributed by atoms with Crippen molar-refractivity contribution in [2.45, 2.75) is 76.3 Å². The number of likely N-dealkylation sites (N-methyl/N-ethyl adjacent to an activating group) is 1. The highest BCUT2D eigenvalue weighted by Gasteiger charge is 2.40. The number of aromatic amines is 2. The number of aryl methyl sites for hydroxylation is 1. The first-order chi connectivity index (χ1) is 30.2. The minimum atomic E-state index is -0.734. The Morgan fingerprint density at radius 1 is 0.968 bits per heavy atom. The second kappa shape index (κ2) is 25.2. The minimum absolute atomic E-state index is 0.0133. The molecule has 5 heterocycles. The lowest BCUT2D eigenvalue weighted by molar-refractivity contribution is -0.136. The number of imidazole rings is 2. The number of likely N-dealkylation sites (tertiary alicyclic amines) is 1. The number of unbranched alkanes of at least 4 members (excludes halogenated alkanes) is 1. The number of amides is 3. The number of halogens is 1. The molecule has 2 unspecified atom stereocenters. The van der Waals surface area contributed by atoms with Gasteiger partial charge in [0.1, 0.15) is 23.5 Å². The van der Waals surface area contributed by atoms with Crippen molar-refractivity contribution in [3.8, 4) is 23.1 Å². The molecule has 7 rings (SSSR count). The first-order valence-electron chi connectivity index (χ1n) is 21.3. The molecule has 2 aromatic carbocycles. The molecule has 2 aromatic heterocycles. The van der Waals surface area contributed by atoms with Crippen molar-refractivity contribution in [2.24, 2.45) is 5.92 Å². The van der Waals surface area contributed by atoms with E-state index in [2.05, 4.69) is 52.5 Å². The van der Waals surface area contributed by atoms with E-state index in [1.807, 2.05) is 18.2 Å². The number of aromatic nitrogens is 4. The van der Waals surface area contributed by atoms with Crippen molar-refractivity contribution >= 4 is 35.4 Å². The van der Waals surface area contributed by atoms with Crippen LogP contribution in [0.4, 0.5) is 9.18 Å². The van der Waals surface area contributed by atoms with Crippen molar-refractivity contribution in [2.75, 3.05) is 67.3 Å². The third-order valence-electron chi connectivity index (χ3n) is 10.7. The van der Waals surface area contributed by atoms with Gasteiger partial charge in [-0.2, -0.15) is 0 Å². The van der Waals surface area contributed by atoms with Crippen LogP contribution in [0.2, 0.25) is 0 Å². The minimum Gasteiger partial charge on any atom is -0.471 e. The maximum absolute atomic E-state index is 15.5. The third kappa shape index (κ3) is 14.1. The Kier molecular flexibility index (Phi) is 19.2. The molecule has 62 heavy (non-hydrogen) atoms. The quantitative estimate of drug-likeness (QED) is 0.0693. The van der Waals surface area contributed by atoms with Gasteiger partial charge >= 0.3 is 6.09 Å². The summed E-state index contributed by atoms with van der Waals surface area (Å²) < 4.78 is 34.7. The lowest BCUT2D eigenvalue weighted by Gasteiger charge is -2.34. The Morgan fingerprint density at radius 3 is 2.35 bits per heavy atom. The van der Waals surface area contributed by atoms with Crippen LogP contribution in [-0.2, 0) is 39.8 Å². The molecule has 0 saturated carbocycles. The molecule has 5 N–H and O–H groups in total. The van der Waals surface area contributed by atoms with Crippen LogP contribution in [0.5, 0.6) is 0 Å². The second-order valence-electron chi connectivity index (χ2n) is 15.1. The number of fused-ring (bicyclic) bond motifs is 1. The topological polar surface area (TPSA) is 202 Å². The molecule has 16 nitrogen and oxygen atoms in total. The molecule has 3 amide bonds. The van der Waals surface area contributed by atoms with Gasteiger partial charge in [-0.05, 0) is 107 Å². The van der Waals surface area contributed by atoms with Gasteiger partial charge in [-0.15, -0.1) is 0 Å². The molecule has 4 aromatic rings. The summed E-state index contributed by atoms with van der Waals surface area (Å²) in [5.74, 6) is 6.93. The summed E-state index contributed by atoms with van der Waals surface area (Å²) in [7, 11) is 4.33. The van der Waals surface area contributed by atoms with Crippen LogP contribution in [0, 0.1) is 23.6 Å². The zero-order valence-corrected chi connectivity index (χ0v) is 35.9.